The van der Waals surface area contributed by atoms with Gasteiger partial charge in [-0.05, 0) is 56.2 Å². The molecule has 3 heterocycles. The minimum atomic E-state index is -0.359. The van der Waals surface area contributed by atoms with Crippen molar-refractivity contribution in [3.63, 3.8) is 0 Å². The van der Waals surface area contributed by atoms with Gasteiger partial charge in [0.1, 0.15) is 11.0 Å². The molecule has 0 saturated carbocycles. The molecule has 0 saturated heterocycles. The smallest absolute Gasteiger partial charge is 0.245 e. The van der Waals surface area contributed by atoms with Gasteiger partial charge in [0.2, 0.25) is 5.91 Å². The van der Waals surface area contributed by atoms with Gasteiger partial charge >= 0.3 is 0 Å². The van der Waals surface area contributed by atoms with Gasteiger partial charge in [-0.15, -0.1) is 11.3 Å². The van der Waals surface area contributed by atoms with Crippen LogP contribution in [-0.4, -0.2) is 20.7 Å². The standard InChI is InChI=1S/C18H22N4OS2/c1-11-5-7-19-22(11)13(3)17(23)21-16(9-15-6-8-24-10-15)18-20-12(2)14(4)25-18/h5-8,10,13,16H,9H2,1-4H3,(H,21,23)/t13-,16+/m0/s1. The van der Waals surface area contributed by atoms with Gasteiger partial charge in [-0.3, -0.25) is 9.48 Å². The Morgan fingerprint density at radius 1 is 1.32 bits per heavy atom. The van der Waals surface area contributed by atoms with E-state index in [1.54, 1.807) is 33.6 Å². The molecule has 0 aliphatic rings. The first-order valence-electron chi connectivity index (χ1n) is 8.21. The SMILES string of the molecule is Cc1nc([C@@H](Cc2ccsc2)NC(=O)[C@H](C)n2nccc2C)sc1C. The molecule has 3 aromatic heterocycles. The van der Waals surface area contributed by atoms with Crippen LogP contribution in [0.4, 0.5) is 0 Å². The molecule has 0 radical (unpaired) electrons. The number of nitrogens with one attached hydrogen (secondary N) is 1. The molecule has 0 fully saturated rings. The zero-order valence-electron chi connectivity index (χ0n) is 14.8. The molecule has 0 aromatic carbocycles. The molecule has 0 bridgehead atoms. The summed E-state index contributed by atoms with van der Waals surface area (Å²) in [4.78, 5) is 18.7. The highest BCUT2D eigenvalue weighted by Gasteiger charge is 2.24. The first-order chi connectivity index (χ1) is 12.0. The van der Waals surface area contributed by atoms with Gasteiger partial charge in [-0.1, -0.05) is 0 Å². The highest BCUT2D eigenvalue weighted by molar-refractivity contribution is 7.11. The molecule has 1 amide bonds. The largest absolute Gasteiger partial charge is 0.345 e. The first-order valence-corrected chi connectivity index (χ1v) is 9.97. The van der Waals surface area contributed by atoms with Crippen LogP contribution in [0.5, 0.6) is 0 Å². The molecule has 132 valence electrons. The quantitative estimate of drug-likeness (QED) is 0.710. The molecule has 0 spiro atoms. The number of rotatable bonds is 6. The third kappa shape index (κ3) is 3.99. The van der Waals surface area contributed by atoms with E-state index in [4.69, 9.17) is 0 Å². The van der Waals surface area contributed by atoms with Crippen molar-refractivity contribution in [1.29, 1.82) is 0 Å². The Morgan fingerprint density at radius 2 is 2.12 bits per heavy atom. The van der Waals surface area contributed by atoms with Crippen molar-refractivity contribution in [3.8, 4) is 0 Å². The average molecular weight is 375 g/mol. The molecule has 0 aliphatic heterocycles. The maximum absolute atomic E-state index is 12.8. The van der Waals surface area contributed by atoms with Gasteiger partial charge in [-0.2, -0.15) is 16.4 Å². The summed E-state index contributed by atoms with van der Waals surface area (Å²) in [5.74, 6) is -0.0439. The summed E-state index contributed by atoms with van der Waals surface area (Å²) in [5.41, 5.74) is 3.21. The molecule has 1 N–H and O–H groups in total. The first kappa shape index (κ1) is 17.8. The molecular weight excluding hydrogens is 352 g/mol. The molecule has 0 aliphatic carbocycles. The van der Waals surface area contributed by atoms with E-state index in [1.165, 1.54) is 10.4 Å². The van der Waals surface area contributed by atoms with Crippen molar-refractivity contribution in [1.82, 2.24) is 20.1 Å². The van der Waals surface area contributed by atoms with Crippen molar-refractivity contribution in [2.45, 2.75) is 46.2 Å². The maximum Gasteiger partial charge on any atom is 0.245 e. The van der Waals surface area contributed by atoms with Crippen LogP contribution in [0, 0.1) is 20.8 Å². The van der Waals surface area contributed by atoms with Gasteiger partial charge in [-0.25, -0.2) is 4.98 Å². The normalized spacial score (nSPS) is 13.6. The van der Waals surface area contributed by atoms with Crippen LogP contribution in [0.2, 0.25) is 0 Å². The lowest BCUT2D eigenvalue weighted by Gasteiger charge is -2.20. The van der Waals surface area contributed by atoms with E-state index in [-0.39, 0.29) is 18.0 Å². The van der Waals surface area contributed by atoms with E-state index < -0.39 is 0 Å². The fourth-order valence-electron chi connectivity index (χ4n) is 2.68. The zero-order valence-corrected chi connectivity index (χ0v) is 16.4. The minimum Gasteiger partial charge on any atom is -0.345 e. The lowest BCUT2D eigenvalue weighted by Crippen LogP contribution is -2.35. The van der Waals surface area contributed by atoms with Crippen LogP contribution in [0.3, 0.4) is 0 Å². The fraction of sp³-hybridized carbons (Fsp3) is 0.389. The Balaban J connectivity index is 1.81. The second kappa shape index (κ2) is 7.49. The molecule has 25 heavy (non-hydrogen) atoms. The van der Waals surface area contributed by atoms with Gasteiger partial charge in [0.05, 0.1) is 11.7 Å². The van der Waals surface area contributed by atoms with E-state index in [0.717, 1.165) is 22.8 Å². The minimum absolute atomic E-state index is 0.0439. The van der Waals surface area contributed by atoms with Crippen molar-refractivity contribution >= 4 is 28.6 Å². The molecule has 2 atom stereocenters. The van der Waals surface area contributed by atoms with Crippen LogP contribution >= 0.6 is 22.7 Å². The average Bonchev–Trinajstić information content (AvgIpc) is 3.29. The molecule has 0 unspecified atom stereocenters. The van der Waals surface area contributed by atoms with Crippen molar-refractivity contribution < 1.29 is 4.79 Å². The van der Waals surface area contributed by atoms with Gasteiger partial charge in [0, 0.05) is 23.2 Å². The molecule has 5 nitrogen and oxygen atoms in total. The summed E-state index contributed by atoms with van der Waals surface area (Å²) >= 11 is 3.32. The monoisotopic (exact) mass is 374 g/mol. The summed E-state index contributed by atoms with van der Waals surface area (Å²) in [7, 11) is 0. The van der Waals surface area contributed by atoms with Crippen LogP contribution < -0.4 is 5.32 Å². The summed E-state index contributed by atoms with van der Waals surface area (Å²) in [6.45, 7) is 7.90. The van der Waals surface area contributed by atoms with Gasteiger partial charge in [0.25, 0.3) is 0 Å². The summed E-state index contributed by atoms with van der Waals surface area (Å²) in [6, 6.07) is 3.51. The lowest BCUT2D eigenvalue weighted by molar-refractivity contribution is -0.125. The summed E-state index contributed by atoms with van der Waals surface area (Å²) in [5, 5.41) is 12.6. The summed E-state index contributed by atoms with van der Waals surface area (Å²) < 4.78 is 1.75. The van der Waals surface area contributed by atoms with Crippen molar-refractivity contribution in [2.75, 3.05) is 0 Å². The maximum atomic E-state index is 12.8. The second-order valence-electron chi connectivity index (χ2n) is 6.18. The number of thiazole rings is 1. The highest BCUT2D eigenvalue weighted by Crippen LogP contribution is 2.27. The third-order valence-corrected chi connectivity index (χ3v) is 6.21. The van der Waals surface area contributed by atoms with Crippen LogP contribution in [0.15, 0.2) is 29.1 Å². The fourth-order valence-corrected chi connectivity index (χ4v) is 4.34. The predicted octanol–water partition coefficient (Wildman–Crippen LogP) is 3.99. The Kier molecular flexibility index (Phi) is 5.34. The van der Waals surface area contributed by atoms with Crippen molar-refractivity contribution in [2.24, 2.45) is 0 Å². The Bertz CT molecular complexity index is 831. The Hall–Kier alpha value is -1.99. The van der Waals surface area contributed by atoms with Crippen LogP contribution in [0.25, 0.3) is 0 Å². The molecule has 3 aromatic rings. The van der Waals surface area contributed by atoms with Crippen LogP contribution in [0.1, 0.15) is 45.8 Å². The number of hydrogen-bond acceptors (Lipinski definition) is 5. The predicted molar refractivity (Wildman–Crippen MR) is 102 cm³/mol. The number of nitrogens with zero attached hydrogens (tertiary/aromatic N) is 3. The zero-order chi connectivity index (χ0) is 18.0. The number of carbonyl (C=O) groups excluding carboxylic acids is 1. The highest BCUT2D eigenvalue weighted by atomic mass is 32.1. The van der Waals surface area contributed by atoms with Gasteiger partial charge < -0.3 is 5.32 Å². The van der Waals surface area contributed by atoms with E-state index in [2.05, 4.69) is 39.1 Å². The molecule has 3 rings (SSSR count). The summed E-state index contributed by atoms with van der Waals surface area (Å²) in [6.07, 6.45) is 2.46. The Labute approximate surface area is 155 Å². The van der Waals surface area contributed by atoms with Crippen LogP contribution in [-0.2, 0) is 11.2 Å². The second-order valence-corrected chi connectivity index (χ2v) is 8.20. The molecular formula is C18H22N4OS2. The van der Waals surface area contributed by atoms with Gasteiger partial charge in [0.15, 0.2) is 0 Å². The number of carbonyl (C=O) groups is 1. The van der Waals surface area contributed by atoms with E-state index in [1.807, 2.05) is 26.8 Å². The van der Waals surface area contributed by atoms with Crippen molar-refractivity contribution in [3.05, 3.63) is 55.9 Å². The number of thiophene rings is 1. The lowest BCUT2D eigenvalue weighted by atomic mass is 10.1. The number of hydrogen-bond donors (Lipinski definition) is 1. The number of aryl methyl sites for hydroxylation is 3. The molecule has 7 heteroatoms. The third-order valence-electron chi connectivity index (χ3n) is 4.29. The van der Waals surface area contributed by atoms with E-state index in [9.17, 15) is 4.79 Å². The Morgan fingerprint density at radius 3 is 2.68 bits per heavy atom. The van der Waals surface area contributed by atoms with E-state index in [0.29, 0.717) is 0 Å². The number of amides is 1. The van der Waals surface area contributed by atoms with E-state index >= 15 is 0 Å². The number of aromatic nitrogens is 3. The topological polar surface area (TPSA) is 59.8 Å².